The summed E-state index contributed by atoms with van der Waals surface area (Å²) in [6, 6.07) is 22.6. The van der Waals surface area contributed by atoms with Gasteiger partial charge < -0.3 is 4.74 Å². The summed E-state index contributed by atoms with van der Waals surface area (Å²) in [6.07, 6.45) is 1.73. The fraction of sp³-hybridized carbons (Fsp3) is 0.0455. The van der Waals surface area contributed by atoms with E-state index in [2.05, 4.69) is 10.5 Å². The molecule has 28 heavy (non-hydrogen) atoms. The van der Waals surface area contributed by atoms with Crippen molar-refractivity contribution in [3.63, 3.8) is 0 Å². The molecule has 1 N–H and O–H groups in total. The number of halogens is 1. The van der Waals surface area contributed by atoms with E-state index < -0.39 is 5.97 Å². The standard InChI is InChI=1S/C22H17ClN2O3/c23-19-10-6-16(7-11-19)14-21(26)25-24-15-17-8-12-20(13-9-17)28-22(27)18-4-2-1-3-5-18/h1-13,15H,14H2,(H,25,26)/b24-15-. The average Bonchev–Trinajstić information content (AvgIpc) is 2.72. The number of carbonyl (C=O) groups excluding carboxylic acids is 2. The van der Waals surface area contributed by atoms with Gasteiger partial charge in [0.25, 0.3) is 0 Å². The van der Waals surface area contributed by atoms with Gasteiger partial charge in [0.05, 0.1) is 18.2 Å². The molecule has 1 amide bonds. The van der Waals surface area contributed by atoms with E-state index in [4.69, 9.17) is 16.3 Å². The molecule has 0 aliphatic heterocycles. The lowest BCUT2D eigenvalue weighted by Gasteiger charge is -2.04. The van der Waals surface area contributed by atoms with Gasteiger partial charge in [-0.05, 0) is 59.7 Å². The molecule has 0 unspecified atom stereocenters. The third-order valence-corrected chi connectivity index (χ3v) is 4.03. The van der Waals surface area contributed by atoms with Gasteiger partial charge in [0, 0.05) is 5.02 Å². The molecule has 0 saturated carbocycles. The van der Waals surface area contributed by atoms with Crippen LogP contribution in [0.15, 0.2) is 84.0 Å². The van der Waals surface area contributed by atoms with Gasteiger partial charge in [0.1, 0.15) is 5.75 Å². The number of carbonyl (C=O) groups is 2. The minimum atomic E-state index is -0.420. The second-order valence-corrected chi connectivity index (χ2v) is 6.36. The number of hydrogen-bond donors (Lipinski definition) is 1. The van der Waals surface area contributed by atoms with Crippen molar-refractivity contribution in [2.24, 2.45) is 5.10 Å². The van der Waals surface area contributed by atoms with Crippen molar-refractivity contribution in [3.8, 4) is 5.75 Å². The smallest absolute Gasteiger partial charge is 0.343 e. The number of amides is 1. The predicted molar refractivity (Wildman–Crippen MR) is 109 cm³/mol. The first-order valence-corrected chi connectivity index (χ1v) is 8.91. The Balaban J connectivity index is 1.50. The van der Waals surface area contributed by atoms with Crippen LogP contribution in [0, 0.1) is 0 Å². The average molecular weight is 393 g/mol. The number of benzene rings is 3. The summed E-state index contributed by atoms with van der Waals surface area (Å²) >= 11 is 5.82. The summed E-state index contributed by atoms with van der Waals surface area (Å²) in [6.45, 7) is 0. The van der Waals surface area contributed by atoms with Gasteiger partial charge >= 0.3 is 5.97 Å². The summed E-state index contributed by atoms with van der Waals surface area (Å²) < 4.78 is 5.31. The molecule has 5 nitrogen and oxygen atoms in total. The van der Waals surface area contributed by atoms with Crippen LogP contribution in [0.25, 0.3) is 0 Å². The van der Waals surface area contributed by atoms with Gasteiger partial charge in [0.2, 0.25) is 5.91 Å². The van der Waals surface area contributed by atoms with Gasteiger partial charge in [-0.3, -0.25) is 4.79 Å². The number of esters is 1. The van der Waals surface area contributed by atoms with Crippen LogP contribution >= 0.6 is 11.6 Å². The van der Waals surface area contributed by atoms with Crippen molar-refractivity contribution >= 4 is 29.7 Å². The summed E-state index contributed by atoms with van der Waals surface area (Å²) in [7, 11) is 0. The van der Waals surface area contributed by atoms with Crippen LogP contribution in [0.2, 0.25) is 5.02 Å². The first-order valence-electron chi connectivity index (χ1n) is 8.54. The summed E-state index contributed by atoms with van der Waals surface area (Å²) in [5.41, 5.74) is 4.56. The zero-order valence-corrected chi connectivity index (χ0v) is 15.6. The van der Waals surface area contributed by atoms with Crippen LogP contribution in [-0.2, 0) is 11.2 Å². The van der Waals surface area contributed by atoms with Gasteiger partial charge in [-0.15, -0.1) is 0 Å². The molecular formula is C22H17ClN2O3. The van der Waals surface area contributed by atoms with E-state index in [-0.39, 0.29) is 12.3 Å². The molecule has 0 spiro atoms. The van der Waals surface area contributed by atoms with E-state index in [0.29, 0.717) is 16.3 Å². The highest BCUT2D eigenvalue weighted by molar-refractivity contribution is 6.30. The molecule has 0 bridgehead atoms. The zero-order chi connectivity index (χ0) is 19.8. The zero-order valence-electron chi connectivity index (χ0n) is 14.8. The lowest BCUT2D eigenvalue weighted by atomic mass is 10.1. The number of nitrogens with one attached hydrogen (secondary N) is 1. The monoisotopic (exact) mass is 392 g/mol. The Hall–Kier alpha value is -3.44. The molecule has 3 aromatic rings. The summed E-state index contributed by atoms with van der Waals surface area (Å²) in [5.74, 6) is -0.221. The third-order valence-electron chi connectivity index (χ3n) is 3.78. The van der Waals surface area contributed by atoms with Crippen LogP contribution in [0.1, 0.15) is 21.5 Å². The quantitative estimate of drug-likeness (QED) is 0.295. The first kappa shape index (κ1) is 19.3. The molecule has 0 aliphatic rings. The van der Waals surface area contributed by atoms with Crippen LogP contribution in [0.5, 0.6) is 5.75 Å². The highest BCUT2D eigenvalue weighted by Gasteiger charge is 2.07. The summed E-state index contributed by atoms with van der Waals surface area (Å²) in [4.78, 5) is 23.9. The maximum atomic E-state index is 12.0. The van der Waals surface area contributed by atoms with E-state index in [1.807, 2.05) is 6.07 Å². The van der Waals surface area contributed by atoms with Crippen LogP contribution < -0.4 is 10.2 Å². The second-order valence-electron chi connectivity index (χ2n) is 5.92. The topological polar surface area (TPSA) is 67.8 Å². The fourth-order valence-corrected chi connectivity index (χ4v) is 2.49. The molecule has 0 fully saturated rings. The first-order chi connectivity index (χ1) is 13.6. The molecule has 3 aromatic carbocycles. The van der Waals surface area contributed by atoms with E-state index in [0.717, 1.165) is 11.1 Å². The van der Waals surface area contributed by atoms with E-state index >= 15 is 0 Å². The van der Waals surface area contributed by atoms with E-state index in [1.54, 1.807) is 72.8 Å². The molecule has 0 heterocycles. The lowest BCUT2D eigenvalue weighted by molar-refractivity contribution is -0.120. The highest BCUT2D eigenvalue weighted by Crippen LogP contribution is 2.14. The Morgan fingerprint density at radius 2 is 1.61 bits per heavy atom. The van der Waals surface area contributed by atoms with Gasteiger partial charge in [-0.25, -0.2) is 10.2 Å². The molecule has 0 aliphatic carbocycles. The number of hydrazone groups is 1. The molecule has 0 radical (unpaired) electrons. The molecule has 140 valence electrons. The van der Waals surface area contributed by atoms with Crippen LogP contribution in [-0.4, -0.2) is 18.1 Å². The Morgan fingerprint density at radius 1 is 0.929 bits per heavy atom. The van der Waals surface area contributed by atoms with Crippen LogP contribution in [0.3, 0.4) is 0 Å². The maximum Gasteiger partial charge on any atom is 0.343 e. The predicted octanol–water partition coefficient (Wildman–Crippen LogP) is 4.25. The number of ether oxygens (including phenoxy) is 1. The maximum absolute atomic E-state index is 12.0. The van der Waals surface area contributed by atoms with Crippen molar-refractivity contribution in [1.82, 2.24) is 5.43 Å². The van der Waals surface area contributed by atoms with Gasteiger partial charge in [0.15, 0.2) is 0 Å². The number of rotatable bonds is 6. The van der Waals surface area contributed by atoms with Crippen molar-refractivity contribution in [2.45, 2.75) is 6.42 Å². The normalized spacial score (nSPS) is 10.6. The SMILES string of the molecule is O=C(Cc1ccc(Cl)cc1)N/N=C\c1ccc(OC(=O)c2ccccc2)cc1. The second kappa shape index (κ2) is 9.48. The Labute approximate surface area is 167 Å². The van der Waals surface area contributed by atoms with Crippen molar-refractivity contribution in [3.05, 3.63) is 101 Å². The lowest BCUT2D eigenvalue weighted by Crippen LogP contribution is -2.19. The van der Waals surface area contributed by atoms with Crippen molar-refractivity contribution < 1.29 is 14.3 Å². The van der Waals surface area contributed by atoms with E-state index in [9.17, 15) is 9.59 Å². The van der Waals surface area contributed by atoms with Crippen molar-refractivity contribution in [2.75, 3.05) is 0 Å². The molecule has 0 aromatic heterocycles. The number of hydrogen-bond acceptors (Lipinski definition) is 4. The molecular weight excluding hydrogens is 376 g/mol. The fourth-order valence-electron chi connectivity index (χ4n) is 2.37. The molecule has 0 saturated heterocycles. The largest absolute Gasteiger partial charge is 0.423 e. The highest BCUT2D eigenvalue weighted by atomic mass is 35.5. The molecule has 3 rings (SSSR count). The van der Waals surface area contributed by atoms with Crippen molar-refractivity contribution in [1.29, 1.82) is 0 Å². The Kier molecular flexibility index (Phi) is 6.54. The van der Waals surface area contributed by atoms with Gasteiger partial charge in [-0.1, -0.05) is 41.9 Å². The molecule has 6 heteroatoms. The molecule has 0 atom stereocenters. The van der Waals surface area contributed by atoms with Gasteiger partial charge in [-0.2, -0.15) is 5.10 Å². The van der Waals surface area contributed by atoms with Crippen LogP contribution in [0.4, 0.5) is 0 Å². The Bertz CT molecular complexity index is 969. The third kappa shape index (κ3) is 5.79. The number of nitrogens with zero attached hydrogens (tertiary/aromatic N) is 1. The minimum absolute atomic E-state index is 0.211. The summed E-state index contributed by atoms with van der Waals surface area (Å²) in [5, 5.41) is 4.56. The minimum Gasteiger partial charge on any atom is -0.423 e. The van der Waals surface area contributed by atoms with E-state index in [1.165, 1.54) is 6.21 Å². The Morgan fingerprint density at radius 3 is 2.29 bits per heavy atom.